The second kappa shape index (κ2) is 7.32. The molecule has 0 saturated carbocycles. The van der Waals surface area contributed by atoms with E-state index in [1.807, 2.05) is 25.1 Å². The number of hydrogen-bond acceptors (Lipinski definition) is 6. The van der Waals surface area contributed by atoms with Crippen molar-refractivity contribution in [2.24, 2.45) is 0 Å². The summed E-state index contributed by atoms with van der Waals surface area (Å²) in [7, 11) is 0. The molecular formula is C23H18FN5O2. The van der Waals surface area contributed by atoms with Crippen LogP contribution in [-0.2, 0) is 4.79 Å². The summed E-state index contributed by atoms with van der Waals surface area (Å²) in [5.41, 5.74) is 8.39. The molecule has 0 bridgehead atoms. The Morgan fingerprint density at radius 3 is 2.71 bits per heavy atom. The van der Waals surface area contributed by atoms with Gasteiger partial charge >= 0.3 is 0 Å². The van der Waals surface area contributed by atoms with E-state index in [-0.39, 0.29) is 5.82 Å². The Labute approximate surface area is 177 Å². The molecule has 7 nitrogen and oxygen atoms in total. The summed E-state index contributed by atoms with van der Waals surface area (Å²) in [5, 5.41) is 0. The standard InChI is InChI=1S/C23H18FN5O2/c1-13(29-12-28-20-22(25)26-11-27-23(20)29)21-19(15-7-2-4-8-17(15)24)16(10-30)14-6-3-5-9-18(14)31-21/h2-13,16H,1H3,(H2,25,26,27). The summed E-state index contributed by atoms with van der Waals surface area (Å²) < 4.78 is 22.9. The van der Waals surface area contributed by atoms with Gasteiger partial charge in [0.05, 0.1) is 18.3 Å². The van der Waals surface area contributed by atoms with Gasteiger partial charge in [-0.05, 0) is 19.1 Å². The van der Waals surface area contributed by atoms with Gasteiger partial charge in [-0.15, -0.1) is 0 Å². The molecule has 2 unspecified atom stereocenters. The van der Waals surface area contributed by atoms with Crippen molar-refractivity contribution in [2.75, 3.05) is 5.73 Å². The Hall–Kier alpha value is -4.07. The second-order valence-electron chi connectivity index (χ2n) is 7.27. The minimum absolute atomic E-state index is 0.264. The van der Waals surface area contributed by atoms with Crippen molar-refractivity contribution >= 4 is 28.8 Å². The summed E-state index contributed by atoms with van der Waals surface area (Å²) >= 11 is 0. The fraction of sp³-hybridized carbons (Fsp3) is 0.130. The van der Waals surface area contributed by atoms with Gasteiger partial charge in [0.2, 0.25) is 0 Å². The molecule has 0 amide bonds. The highest BCUT2D eigenvalue weighted by molar-refractivity contribution is 5.90. The van der Waals surface area contributed by atoms with Crippen molar-refractivity contribution in [2.45, 2.75) is 18.9 Å². The molecule has 1 aliphatic heterocycles. The molecule has 31 heavy (non-hydrogen) atoms. The lowest BCUT2D eigenvalue weighted by molar-refractivity contribution is -0.108. The number of allylic oxidation sites excluding steroid dienone is 2. The highest BCUT2D eigenvalue weighted by Gasteiger charge is 2.34. The van der Waals surface area contributed by atoms with Gasteiger partial charge in [-0.3, -0.25) is 0 Å². The minimum atomic E-state index is -0.686. The highest BCUT2D eigenvalue weighted by Crippen LogP contribution is 2.46. The number of carbonyl (C=O) groups excluding carboxylic acids is 1. The average molecular weight is 415 g/mol. The first kappa shape index (κ1) is 18.9. The number of nitrogens with zero attached hydrogens (tertiary/aromatic N) is 4. The van der Waals surface area contributed by atoms with Crippen molar-refractivity contribution in [1.29, 1.82) is 0 Å². The van der Waals surface area contributed by atoms with E-state index in [0.717, 1.165) is 6.29 Å². The molecule has 2 aromatic heterocycles. The second-order valence-corrected chi connectivity index (χ2v) is 7.27. The number of rotatable bonds is 4. The number of hydrogen-bond donors (Lipinski definition) is 1. The van der Waals surface area contributed by atoms with Crippen LogP contribution < -0.4 is 10.5 Å². The quantitative estimate of drug-likeness (QED) is 0.508. The molecule has 5 rings (SSSR count). The predicted octanol–water partition coefficient (Wildman–Crippen LogP) is 3.90. The maximum Gasteiger partial charge on any atom is 0.166 e. The molecule has 2 N–H and O–H groups in total. The van der Waals surface area contributed by atoms with E-state index in [1.165, 1.54) is 12.4 Å². The van der Waals surface area contributed by atoms with Gasteiger partial charge in [-0.2, -0.15) is 0 Å². The number of benzene rings is 2. The minimum Gasteiger partial charge on any atom is -0.459 e. The Morgan fingerprint density at radius 2 is 1.90 bits per heavy atom. The first-order chi connectivity index (χ1) is 15.1. The number of para-hydroxylation sites is 1. The molecule has 2 aromatic carbocycles. The molecule has 0 saturated heterocycles. The maximum absolute atomic E-state index is 14.9. The number of imidazole rings is 1. The number of anilines is 1. The smallest absolute Gasteiger partial charge is 0.166 e. The molecule has 3 heterocycles. The number of ether oxygens (including phenoxy) is 1. The molecule has 2 atom stereocenters. The Morgan fingerprint density at radius 1 is 1.13 bits per heavy atom. The van der Waals surface area contributed by atoms with E-state index in [1.54, 1.807) is 35.2 Å². The van der Waals surface area contributed by atoms with Crippen LogP contribution in [0.2, 0.25) is 0 Å². The van der Waals surface area contributed by atoms with Crippen LogP contribution in [0.25, 0.3) is 16.7 Å². The zero-order valence-electron chi connectivity index (χ0n) is 16.6. The summed E-state index contributed by atoms with van der Waals surface area (Å²) in [6.45, 7) is 1.88. The van der Waals surface area contributed by atoms with Crippen molar-refractivity contribution in [3.63, 3.8) is 0 Å². The van der Waals surface area contributed by atoms with Crippen LogP contribution in [0, 0.1) is 5.82 Å². The van der Waals surface area contributed by atoms with Gasteiger partial charge in [0.25, 0.3) is 0 Å². The molecule has 4 aromatic rings. The lowest BCUT2D eigenvalue weighted by atomic mass is 9.83. The predicted molar refractivity (Wildman–Crippen MR) is 114 cm³/mol. The van der Waals surface area contributed by atoms with Gasteiger partial charge in [0, 0.05) is 16.7 Å². The summed E-state index contributed by atoms with van der Waals surface area (Å²) in [4.78, 5) is 24.9. The first-order valence-corrected chi connectivity index (χ1v) is 9.74. The Kier molecular flexibility index (Phi) is 4.47. The number of halogens is 1. The molecule has 1 aliphatic rings. The number of fused-ring (bicyclic) bond motifs is 2. The zero-order valence-corrected chi connectivity index (χ0v) is 16.6. The van der Waals surface area contributed by atoms with E-state index in [2.05, 4.69) is 15.0 Å². The highest BCUT2D eigenvalue weighted by atomic mass is 19.1. The molecule has 0 fully saturated rings. The summed E-state index contributed by atoms with van der Waals surface area (Å²) in [5.74, 6) is 0.144. The van der Waals surface area contributed by atoms with Crippen molar-refractivity contribution in [3.8, 4) is 5.75 Å². The molecule has 0 spiro atoms. The van der Waals surface area contributed by atoms with Crippen LogP contribution in [0.15, 0.2) is 66.9 Å². The molecule has 154 valence electrons. The third kappa shape index (κ3) is 2.95. The third-order valence-electron chi connectivity index (χ3n) is 5.53. The van der Waals surface area contributed by atoms with Gasteiger partial charge in [-0.1, -0.05) is 36.4 Å². The largest absolute Gasteiger partial charge is 0.459 e. The topological polar surface area (TPSA) is 95.9 Å². The lowest BCUT2D eigenvalue weighted by Crippen LogP contribution is -2.22. The van der Waals surface area contributed by atoms with Gasteiger partial charge in [0.15, 0.2) is 11.5 Å². The van der Waals surface area contributed by atoms with Gasteiger partial charge in [-0.25, -0.2) is 19.3 Å². The number of aromatic nitrogens is 4. The molecule has 0 radical (unpaired) electrons. The summed E-state index contributed by atoms with van der Waals surface area (Å²) in [6.07, 6.45) is 3.77. The average Bonchev–Trinajstić information content (AvgIpc) is 3.23. The van der Waals surface area contributed by atoms with E-state index in [9.17, 15) is 9.18 Å². The molecule has 0 aliphatic carbocycles. The number of carbonyl (C=O) groups is 1. The van der Waals surface area contributed by atoms with Crippen LogP contribution in [0.5, 0.6) is 5.75 Å². The summed E-state index contributed by atoms with van der Waals surface area (Å²) in [6, 6.07) is 13.2. The van der Waals surface area contributed by atoms with E-state index >= 15 is 0 Å². The SMILES string of the molecule is CC(C1=C(c2ccccc2F)C(C=O)c2ccccc2O1)n1cnc2c(N)ncnc21. The van der Waals surface area contributed by atoms with E-state index in [0.29, 0.717) is 39.4 Å². The maximum atomic E-state index is 14.9. The van der Waals surface area contributed by atoms with Crippen molar-refractivity contribution in [3.05, 3.63) is 83.9 Å². The number of nitrogens with two attached hydrogens (primary N) is 1. The van der Waals surface area contributed by atoms with Crippen molar-refractivity contribution in [1.82, 2.24) is 19.5 Å². The van der Waals surface area contributed by atoms with E-state index < -0.39 is 17.8 Å². The third-order valence-corrected chi connectivity index (χ3v) is 5.53. The normalized spacial score (nSPS) is 16.6. The van der Waals surface area contributed by atoms with Crippen LogP contribution in [0.3, 0.4) is 0 Å². The Bertz CT molecular complexity index is 1350. The number of aldehydes is 1. The molecule has 8 heteroatoms. The van der Waals surface area contributed by atoms with Crippen LogP contribution in [0.1, 0.15) is 30.0 Å². The monoisotopic (exact) mass is 415 g/mol. The van der Waals surface area contributed by atoms with Gasteiger partial charge in [0.1, 0.15) is 35.5 Å². The Balaban J connectivity index is 1.76. The fourth-order valence-corrected chi connectivity index (χ4v) is 4.02. The van der Waals surface area contributed by atoms with Gasteiger partial charge < -0.3 is 19.8 Å². The van der Waals surface area contributed by atoms with Crippen molar-refractivity contribution < 1.29 is 13.9 Å². The van der Waals surface area contributed by atoms with Crippen LogP contribution >= 0.6 is 0 Å². The van der Waals surface area contributed by atoms with Crippen LogP contribution in [-0.4, -0.2) is 25.8 Å². The van der Waals surface area contributed by atoms with Crippen LogP contribution in [0.4, 0.5) is 10.2 Å². The molecular weight excluding hydrogens is 397 g/mol. The fourth-order valence-electron chi connectivity index (χ4n) is 4.02. The first-order valence-electron chi connectivity index (χ1n) is 9.74. The lowest BCUT2D eigenvalue weighted by Gasteiger charge is -2.31. The zero-order chi connectivity index (χ0) is 21.5. The number of nitrogen functional groups attached to an aromatic ring is 1. The van der Waals surface area contributed by atoms with E-state index in [4.69, 9.17) is 10.5 Å².